The molecule has 156 valence electrons. The number of hydrogen-bond donors (Lipinski definition) is 1. The van der Waals surface area contributed by atoms with Crippen LogP contribution in [-0.4, -0.2) is 27.5 Å². The van der Waals surface area contributed by atoms with Crippen molar-refractivity contribution in [3.63, 3.8) is 0 Å². The number of aliphatic hydroxyl groups is 1. The molecule has 1 aromatic carbocycles. The smallest absolute Gasteiger partial charge is 0.294 e. The lowest BCUT2D eigenvalue weighted by molar-refractivity contribution is -0.769. The molecule has 3 atom stereocenters. The molecule has 1 aromatic rings. The minimum atomic E-state index is -1.07. The summed E-state index contributed by atoms with van der Waals surface area (Å²) >= 11 is 0. The first kappa shape index (κ1) is 20.9. The van der Waals surface area contributed by atoms with E-state index in [2.05, 4.69) is 32.9 Å². The highest BCUT2D eigenvalue weighted by molar-refractivity contribution is 5.47. The molecule has 1 saturated carbocycles. The molecule has 1 aliphatic heterocycles. The number of nitrogens with zero attached hydrogens (tertiary/aromatic N) is 1. The molecular formula is C22H33NO5. The normalized spacial score (nSPS) is 28.6. The quantitative estimate of drug-likeness (QED) is 0.551. The Hall–Kier alpha value is -1.82. The molecule has 2 aliphatic rings. The van der Waals surface area contributed by atoms with E-state index in [1.807, 2.05) is 19.9 Å². The monoisotopic (exact) mass is 391 g/mol. The predicted octanol–water partition coefficient (Wildman–Crippen LogP) is 4.90. The summed E-state index contributed by atoms with van der Waals surface area (Å²) in [5, 5.41) is 21.6. The van der Waals surface area contributed by atoms with Crippen molar-refractivity contribution in [2.45, 2.75) is 102 Å². The number of ether oxygens (including phenoxy) is 1. The molecular weight excluding hydrogens is 358 g/mol. The van der Waals surface area contributed by atoms with Crippen molar-refractivity contribution in [1.29, 1.82) is 0 Å². The van der Waals surface area contributed by atoms with Gasteiger partial charge in [-0.1, -0.05) is 45.7 Å². The van der Waals surface area contributed by atoms with Crippen molar-refractivity contribution in [1.82, 2.24) is 0 Å². The van der Waals surface area contributed by atoms with Gasteiger partial charge in [-0.2, -0.15) is 0 Å². The van der Waals surface area contributed by atoms with E-state index in [1.165, 1.54) is 12.0 Å². The van der Waals surface area contributed by atoms with Crippen molar-refractivity contribution in [2.24, 2.45) is 0 Å². The molecule has 1 aliphatic carbocycles. The van der Waals surface area contributed by atoms with Gasteiger partial charge in [-0.3, -0.25) is 0 Å². The molecule has 1 N–H and O–H groups in total. The highest BCUT2D eigenvalue weighted by Crippen LogP contribution is 2.55. The topological polar surface area (TPSA) is 81.8 Å². The minimum absolute atomic E-state index is 0.0378. The first-order valence-electron chi connectivity index (χ1n) is 10.4. The number of unbranched alkanes of at least 4 members (excludes halogenated alkanes) is 1. The summed E-state index contributed by atoms with van der Waals surface area (Å²) in [7, 11) is 0. The third kappa shape index (κ3) is 3.59. The van der Waals surface area contributed by atoms with Crippen molar-refractivity contribution in [3.05, 3.63) is 39.4 Å². The average Bonchev–Trinajstić information content (AvgIpc) is 2.60. The molecule has 0 bridgehead atoms. The third-order valence-electron chi connectivity index (χ3n) is 6.89. The third-order valence-corrected chi connectivity index (χ3v) is 6.89. The van der Waals surface area contributed by atoms with Crippen molar-refractivity contribution in [3.8, 4) is 5.75 Å². The summed E-state index contributed by atoms with van der Waals surface area (Å²) in [4.78, 5) is 15.7. The number of fused-ring (bicyclic) bond motifs is 3. The molecule has 6 heteroatoms. The van der Waals surface area contributed by atoms with Gasteiger partial charge in [-0.05, 0) is 56.6 Å². The Balaban J connectivity index is 1.97. The second-order valence-corrected chi connectivity index (χ2v) is 9.55. The molecule has 0 unspecified atom stereocenters. The number of hydrogen-bond acceptors (Lipinski definition) is 5. The van der Waals surface area contributed by atoms with Crippen LogP contribution < -0.4 is 4.74 Å². The van der Waals surface area contributed by atoms with Crippen LogP contribution >= 0.6 is 0 Å². The van der Waals surface area contributed by atoms with Gasteiger partial charge in [0.25, 0.3) is 5.09 Å². The van der Waals surface area contributed by atoms with Crippen LogP contribution in [0.3, 0.4) is 0 Å². The molecule has 0 spiro atoms. The van der Waals surface area contributed by atoms with Gasteiger partial charge < -0.3 is 14.7 Å². The molecule has 28 heavy (non-hydrogen) atoms. The van der Waals surface area contributed by atoms with Gasteiger partial charge >= 0.3 is 0 Å². The molecule has 0 aromatic heterocycles. The van der Waals surface area contributed by atoms with Crippen molar-refractivity contribution >= 4 is 0 Å². The van der Waals surface area contributed by atoms with Crippen LogP contribution in [0.5, 0.6) is 5.75 Å². The zero-order chi connectivity index (χ0) is 20.7. The van der Waals surface area contributed by atoms with Crippen LogP contribution in [-0.2, 0) is 10.3 Å². The van der Waals surface area contributed by atoms with Crippen LogP contribution in [0.2, 0.25) is 0 Å². The van der Waals surface area contributed by atoms with Crippen molar-refractivity contribution in [2.75, 3.05) is 0 Å². The van der Waals surface area contributed by atoms with Crippen LogP contribution in [0.1, 0.15) is 90.2 Å². The number of rotatable bonds is 6. The first-order valence-corrected chi connectivity index (χ1v) is 10.4. The van der Waals surface area contributed by atoms with E-state index in [4.69, 9.17) is 9.57 Å². The summed E-state index contributed by atoms with van der Waals surface area (Å²) in [6.07, 6.45) is 4.18. The molecule has 6 nitrogen and oxygen atoms in total. The zero-order valence-electron chi connectivity index (χ0n) is 17.7. The second kappa shape index (κ2) is 7.21. The van der Waals surface area contributed by atoms with Crippen molar-refractivity contribution < 1.29 is 19.8 Å². The van der Waals surface area contributed by atoms with E-state index in [-0.39, 0.29) is 11.3 Å². The summed E-state index contributed by atoms with van der Waals surface area (Å²) in [5.41, 5.74) is 0.325. The molecule has 3 rings (SSSR count). The lowest BCUT2D eigenvalue weighted by atomic mass is 9.62. The Morgan fingerprint density at radius 3 is 2.75 bits per heavy atom. The Kier molecular flexibility index (Phi) is 5.38. The van der Waals surface area contributed by atoms with E-state index < -0.39 is 22.4 Å². The lowest BCUT2D eigenvalue weighted by Crippen LogP contribution is -2.62. The zero-order valence-corrected chi connectivity index (χ0v) is 17.7. The Morgan fingerprint density at radius 2 is 2.11 bits per heavy atom. The van der Waals surface area contributed by atoms with Crippen LogP contribution in [0.25, 0.3) is 0 Å². The van der Waals surface area contributed by atoms with Gasteiger partial charge in [0.05, 0.1) is 0 Å². The fourth-order valence-electron chi connectivity index (χ4n) is 4.91. The summed E-state index contributed by atoms with van der Waals surface area (Å²) in [6.45, 7) is 10.5. The fourth-order valence-corrected chi connectivity index (χ4v) is 4.91. The minimum Gasteiger partial charge on any atom is -0.485 e. The molecule has 0 radical (unpaired) electrons. The van der Waals surface area contributed by atoms with Gasteiger partial charge in [0.2, 0.25) is 0 Å². The Bertz CT molecular complexity index is 744. The highest BCUT2D eigenvalue weighted by Gasteiger charge is 2.58. The van der Waals surface area contributed by atoms with Gasteiger partial charge in [0.15, 0.2) is 0 Å². The fraction of sp³-hybridized carbons (Fsp3) is 0.727. The Morgan fingerprint density at radius 1 is 1.39 bits per heavy atom. The maximum atomic E-state index is 11.5. The van der Waals surface area contributed by atoms with Crippen LogP contribution in [0, 0.1) is 10.1 Å². The second-order valence-electron chi connectivity index (χ2n) is 9.55. The molecule has 1 heterocycles. The largest absolute Gasteiger partial charge is 0.485 e. The van der Waals surface area contributed by atoms with E-state index in [0.717, 1.165) is 24.2 Å². The highest BCUT2D eigenvalue weighted by atomic mass is 17.0. The van der Waals surface area contributed by atoms with E-state index in [1.54, 1.807) is 0 Å². The van der Waals surface area contributed by atoms with E-state index in [0.29, 0.717) is 19.3 Å². The summed E-state index contributed by atoms with van der Waals surface area (Å²) < 4.78 is 6.32. The average molecular weight is 392 g/mol. The summed E-state index contributed by atoms with van der Waals surface area (Å²) in [5.74, 6) is 0.529. The van der Waals surface area contributed by atoms with Crippen LogP contribution in [0.15, 0.2) is 18.2 Å². The van der Waals surface area contributed by atoms with Gasteiger partial charge in [0.1, 0.15) is 23.1 Å². The lowest BCUT2D eigenvalue weighted by Gasteiger charge is -2.54. The number of benzene rings is 1. The van der Waals surface area contributed by atoms with Gasteiger partial charge in [-0.15, -0.1) is 10.1 Å². The van der Waals surface area contributed by atoms with Crippen LogP contribution in [0.4, 0.5) is 0 Å². The van der Waals surface area contributed by atoms with E-state index >= 15 is 0 Å². The van der Waals surface area contributed by atoms with E-state index in [9.17, 15) is 15.2 Å². The summed E-state index contributed by atoms with van der Waals surface area (Å²) in [6, 6.07) is 6.26. The molecule has 1 fully saturated rings. The molecule has 0 saturated heterocycles. The first-order chi connectivity index (χ1) is 13.0. The maximum absolute atomic E-state index is 11.5. The maximum Gasteiger partial charge on any atom is 0.294 e. The Labute approximate surface area is 167 Å². The standard InChI is InChI=1S/C22H33NO5/c1-6-7-11-20(2,3)15-8-9-17-18-14-16(28-23(25)26)10-12-22(18,24)21(4,5)27-19(17)13-15/h8-9,13,16,18,24H,6-7,10-12,14H2,1-5H3/t16-,18-,22-/m1/s1. The van der Waals surface area contributed by atoms with Gasteiger partial charge in [-0.25, -0.2) is 0 Å². The SMILES string of the molecule is CCCCC(C)(C)c1ccc2c(c1)OC(C)(C)[C@@]1(O)CC[C@@H](O[N+](=O)[O-])C[C@H]21. The molecule has 0 amide bonds. The predicted molar refractivity (Wildman–Crippen MR) is 107 cm³/mol. The van der Waals surface area contributed by atoms with Gasteiger partial charge in [0, 0.05) is 11.5 Å².